The standard InChI is InChI=1S/C22H22N2O4/c1-2-14-9-11-15(12-10-14)23-22(26)20-19(16-6-3-4-7-17(16)28-20)24-21(25)18-8-5-13-27-18/h3-4,6-7,9-12,18H,2,5,8,13H2,1H3,(H,23,26)(H,24,25)/t18-/m1/s1. The number of anilines is 2. The van der Waals surface area contributed by atoms with Crippen LogP contribution in [-0.4, -0.2) is 24.5 Å². The number of para-hydroxylation sites is 1. The van der Waals surface area contributed by atoms with E-state index in [1.165, 1.54) is 5.56 Å². The molecule has 0 bridgehead atoms. The number of carbonyl (C=O) groups is 2. The predicted molar refractivity (Wildman–Crippen MR) is 108 cm³/mol. The molecule has 0 aliphatic carbocycles. The number of furan rings is 1. The summed E-state index contributed by atoms with van der Waals surface area (Å²) in [6.07, 6.45) is 1.96. The van der Waals surface area contributed by atoms with Crippen molar-refractivity contribution in [3.8, 4) is 0 Å². The van der Waals surface area contributed by atoms with Gasteiger partial charge in [-0.3, -0.25) is 9.59 Å². The van der Waals surface area contributed by atoms with Gasteiger partial charge in [0.05, 0.1) is 0 Å². The molecular formula is C22H22N2O4. The van der Waals surface area contributed by atoms with E-state index in [9.17, 15) is 9.59 Å². The Bertz CT molecular complexity index is 1000. The molecule has 6 nitrogen and oxygen atoms in total. The molecule has 2 amide bonds. The minimum absolute atomic E-state index is 0.0760. The summed E-state index contributed by atoms with van der Waals surface area (Å²) in [7, 11) is 0. The number of ether oxygens (including phenoxy) is 1. The summed E-state index contributed by atoms with van der Waals surface area (Å²) in [5, 5.41) is 6.36. The van der Waals surface area contributed by atoms with Crippen molar-refractivity contribution < 1.29 is 18.7 Å². The summed E-state index contributed by atoms with van der Waals surface area (Å²) in [5.41, 5.74) is 2.76. The minimum atomic E-state index is -0.494. The molecule has 28 heavy (non-hydrogen) atoms. The highest BCUT2D eigenvalue weighted by atomic mass is 16.5. The number of nitrogens with one attached hydrogen (secondary N) is 2. The molecule has 2 aromatic carbocycles. The van der Waals surface area contributed by atoms with Crippen molar-refractivity contribution in [2.45, 2.75) is 32.3 Å². The molecule has 1 aromatic heterocycles. The SMILES string of the molecule is CCc1ccc(NC(=O)c2oc3ccccc3c2NC(=O)[C@H]2CCCO2)cc1. The Balaban J connectivity index is 1.63. The number of amides is 2. The van der Waals surface area contributed by atoms with Crippen molar-refractivity contribution in [3.05, 3.63) is 59.9 Å². The van der Waals surface area contributed by atoms with Gasteiger partial charge in [0.25, 0.3) is 11.8 Å². The molecule has 1 aliphatic heterocycles. The van der Waals surface area contributed by atoms with Crippen LogP contribution in [0.3, 0.4) is 0 Å². The van der Waals surface area contributed by atoms with Gasteiger partial charge in [-0.25, -0.2) is 0 Å². The lowest BCUT2D eigenvalue weighted by Crippen LogP contribution is -2.27. The number of aryl methyl sites for hydroxylation is 1. The van der Waals surface area contributed by atoms with Crippen LogP contribution < -0.4 is 10.6 Å². The van der Waals surface area contributed by atoms with E-state index in [4.69, 9.17) is 9.15 Å². The first-order valence-corrected chi connectivity index (χ1v) is 9.50. The molecule has 144 valence electrons. The normalized spacial score (nSPS) is 16.2. The first kappa shape index (κ1) is 18.3. The number of hydrogen-bond acceptors (Lipinski definition) is 4. The number of carbonyl (C=O) groups excluding carboxylic acids is 2. The molecule has 0 saturated carbocycles. The lowest BCUT2D eigenvalue weighted by Gasteiger charge is -2.11. The summed E-state index contributed by atoms with van der Waals surface area (Å²) in [6, 6.07) is 14.9. The predicted octanol–water partition coefficient (Wildman–Crippen LogP) is 4.37. The largest absolute Gasteiger partial charge is 0.449 e. The Hall–Kier alpha value is -3.12. The van der Waals surface area contributed by atoms with Gasteiger partial charge in [0.1, 0.15) is 17.4 Å². The van der Waals surface area contributed by atoms with Gasteiger partial charge >= 0.3 is 0 Å². The molecule has 1 atom stereocenters. The van der Waals surface area contributed by atoms with Crippen LogP contribution in [0.15, 0.2) is 52.9 Å². The van der Waals surface area contributed by atoms with Crippen molar-refractivity contribution in [1.29, 1.82) is 0 Å². The van der Waals surface area contributed by atoms with Crippen molar-refractivity contribution in [3.63, 3.8) is 0 Å². The molecule has 2 heterocycles. The molecule has 4 rings (SSSR count). The van der Waals surface area contributed by atoms with Gasteiger partial charge in [-0.15, -0.1) is 0 Å². The van der Waals surface area contributed by atoms with Crippen LogP contribution in [0.2, 0.25) is 0 Å². The van der Waals surface area contributed by atoms with Crippen molar-refractivity contribution >= 4 is 34.2 Å². The average Bonchev–Trinajstić information content (AvgIpc) is 3.37. The summed E-state index contributed by atoms with van der Waals surface area (Å²) in [6.45, 7) is 2.65. The van der Waals surface area contributed by atoms with Gasteiger partial charge in [-0.1, -0.05) is 31.2 Å². The smallest absolute Gasteiger partial charge is 0.293 e. The maximum Gasteiger partial charge on any atom is 0.293 e. The number of hydrogen-bond donors (Lipinski definition) is 2. The lowest BCUT2D eigenvalue weighted by molar-refractivity contribution is -0.124. The molecule has 2 N–H and O–H groups in total. The van der Waals surface area contributed by atoms with Crippen molar-refractivity contribution in [2.75, 3.05) is 17.2 Å². The number of fused-ring (bicyclic) bond motifs is 1. The number of benzene rings is 2. The van der Waals surface area contributed by atoms with E-state index in [-0.39, 0.29) is 11.7 Å². The Morgan fingerprint density at radius 2 is 1.86 bits per heavy atom. The Kier molecular flexibility index (Phi) is 5.12. The third-order valence-corrected chi connectivity index (χ3v) is 4.89. The molecule has 1 aliphatic rings. The second-order valence-electron chi connectivity index (χ2n) is 6.80. The topological polar surface area (TPSA) is 80.6 Å². The molecule has 6 heteroatoms. The fraction of sp³-hybridized carbons (Fsp3) is 0.273. The van der Waals surface area contributed by atoms with Crippen LogP contribution in [0.25, 0.3) is 11.0 Å². The van der Waals surface area contributed by atoms with E-state index in [1.807, 2.05) is 42.5 Å². The van der Waals surface area contributed by atoms with Gasteiger partial charge in [0.15, 0.2) is 0 Å². The number of rotatable bonds is 5. The molecular weight excluding hydrogens is 356 g/mol. The molecule has 1 fully saturated rings. The van der Waals surface area contributed by atoms with Gasteiger partial charge < -0.3 is 19.8 Å². The second kappa shape index (κ2) is 7.86. The molecule has 0 unspecified atom stereocenters. The molecule has 3 aromatic rings. The van der Waals surface area contributed by atoms with Crippen molar-refractivity contribution in [1.82, 2.24) is 0 Å². The Morgan fingerprint density at radius 3 is 2.57 bits per heavy atom. The maximum absolute atomic E-state index is 12.9. The highest BCUT2D eigenvalue weighted by molar-refractivity contribution is 6.15. The van der Waals surface area contributed by atoms with Crippen LogP contribution in [0.4, 0.5) is 11.4 Å². The van der Waals surface area contributed by atoms with Gasteiger partial charge in [0.2, 0.25) is 5.76 Å². The molecule has 0 spiro atoms. The van der Waals surface area contributed by atoms with E-state index in [0.717, 1.165) is 12.8 Å². The van der Waals surface area contributed by atoms with Gasteiger partial charge in [-0.2, -0.15) is 0 Å². The van der Waals surface area contributed by atoms with Crippen molar-refractivity contribution in [2.24, 2.45) is 0 Å². The van der Waals surface area contributed by atoms with Gasteiger partial charge in [-0.05, 0) is 49.1 Å². The average molecular weight is 378 g/mol. The molecule has 0 radical (unpaired) electrons. The fourth-order valence-electron chi connectivity index (χ4n) is 3.33. The zero-order valence-electron chi connectivity index (χ0n) is 15.7. The third-order valence-electron chi connectivity index (χ3n) is 4.89. The van der Waals surface area contributed by atoms with Crippen LogP contribution in [0.1, 0.15) is 35.9 Å². The van der Waals surface area contributed by atoms with E-state index in [1.54, 1.807) is 6.07 Å². The van der Waals surface area contributed by atoms with E-state index in [0.29, 0.717) is 35.4 Å². The van der Waals surface area contributed by atoms with Gasteiger partial charge in [0, 0.05) is 17.7 Å². The summed E-state index contributed by atoms with van der Waals surface area (Å²) >= 11 is 0. The minimum Gasteiger partial charge on any atom is -0.449 e. The lowest BCUT2D eigenvalue weighted by atomic mass is 10.1. The van der Waals surface area contributed by atoms with E-state index < -0.39 is 12.0 Å². The highest BCUT2D eigenvalue weighted by Crippen LogP contribution is 2.32. The van der Waals surface area contributed by atoms with Crippen LogP contribution in [0, 0.1) is 0 Å². The Morgan fingerprint density at radius 1 is 1.07 bits per heavy atom. The van der Waals surface area contributed by atoms with Crippen LogP contribution in [0.5, 0.6) is 0 Å². The van der Waals surface area contributed by atoms with Crippen LogP contribution >= 0.6 is 0 Å². The van der Waals surface area contributed by atoms with E-state index in [2.05, 4.69) is 17.6 Å². The van der Waals surface area contributed by atoms with E-state index >= 15 is 0 Å². The quantitative estimate of drug-likeness (QED) is 0.691. The molecule has 1 saturated heterocycles. The zero-order valence-corrected chi connectivity index (χ0v) is 15.7. The first-order chi connectivity index (χ1) is 13.7. The highest BCUT2D eigenvalue weighted by Gasteiger charge is 2.28. The summed E-state index contributed by atoms with van der Waals surface area (Å²) in [4.78, 5) is 25.4. The maximum atomic E-state index is 12.9. The summed E-state index contributed by atoms with van der Waals surface area (Å²) in [5.74, 6) is -0.597. The first-order valence-electron chi connectivity index (χ1n) is 9.50. The third kappa shape index (κ3) is 3.64. The zero-order chi connectivity index (χ0) is 19.5. The Labute approximate surface area is 162 Å². The van der Waals surface area contributed by atoms with Crippen LogP contribution in [-0.2, 0) is 16.0 Å². The summed E-state index contributed by atoms with van der Waals surface area (Å²) < 4.78 is 11.2. The second-order valence-corrected chi connectivity index (χ2v) is 6.80. The fourth-order valence-corrected chi connectivity index (χ4v) is 3.33. The monoisotopic (exact) mass is 378 g/mol.